The number of aromatic nitrogens is 2. The summed E-state index contributed by atoms with van der Waals surface area (Å²) in [5, 5.41) is 18.2. The van der Waals surface area contributed by atoms with Gasteiger partial charge in [0, 0.05) is 19.3 Å². The van der Waals surface area contributed by atoms with E-state index in [0.29, 0.717) is 12.2 Å². The molecule has 0 atom stereocenters. The Morgan fingerprint density at radius 2 is 2.24 bits per heavy atom. The zero-order valence-electron chi connectivity index (χ0n) is 11.6. The second-order valence-electron chi connectivity index (χ2n) is 4.31. The maximum atomic E-state index is 11.4. The van der Waals surface area contributed by atoms with Crippen molar-refractivity contribution in [1.82, 2.24) is 9.78 Å². The van der Waals surface area contributed by atoms with Crippen molar-refractivity contribution in [3.8, 4) is 0 Å². The lowest BCUT2D eigenvalue weighted by Gasteiger charge is -2.07. The molecule has 0 spiro atoms. The van der Waals surface area contributed by atoms with Gasteiger partial charge in [-0.15, -0.1) is 0 Å². The van der Waals surface area contributed by atoms with Crippen LogP contribution in [0.1, 0.15) is 16.1 Å². The summed E-state index contributed by atoms with van der Waals surface area (Å²) < 4.78 is 6.19. The summed E-state index contributed by atoms with van der Waals surface area (Å²) in [5.41, 5.74) is 1.02. The average molecular weight is 290 g/mol. The van der Waals surface area contributed by atoms with Crippen molar-refractivity contribution in [2.45, 2.75) is 6.54 Å². The van der Waals surface area contributed by atoms with Gasteiger partial charge in [0.2, 0.25) is 0 Å². The standard InChI is InChI=1S/C13H14N4O4/c1-16-6-5-10(15-16)8-14-11-4-3-9(13(18)21-2)7-12(11)17(19)20/h3-7,14H,8H2,1-2H3. The summed E-state index contributed by atoms with van der Waals surface area (Å²) >= 11 is 0. The molecule has 1 heterocycles. The van der Waals surface area contributed by atoms with Crippen LogP contribution in [-0.2, 0) is 18.3 Å². The quantitative estimate of drug-likeness (QED) is 0.511. The van der Waals surface area contributed by atoms with Gasteiger partial charge < -0.3 is 10.1 Å². The minimum atomic E-state index is -0.616. The number of carbonyl (C=O) groups excluding carboxylic acids is 1. The van der Waals surface area contributed by atoms with E-state index in [2.05, 4.69) is 15.2 Å². The van der Waals surface area contributed by atoms with E-state index in [0.717, 1.165) is 5.69 Å². The molecule has 110 valence electrons. The van der Waals surface area contributed by atoms with Crippen LogP contribution in [0, 0.1) is 10.1 Å². The Morgan fingerprint density at radius 1 is 1.48 bits per heavy atom. The molecule has 8 nitrogen and oxygen atoms in total. The summed E-state index contributed by atoms with van der Waals surface area (Å²) in [6.45, 7) is 0.346. The van der Waals surface area contributed by atoms with Gasteiger partial charge in [0.15, 0.2) is 0 Å². The van der Waals surface area contributed by atoms with Crippen LogP contribution in [0.2, 0.25) is 0 Å². The first-order chi connectivity index (χ1) is 10.0. The lowest BCUT2D eigenvalue weighted by atomic mass is 10.1. The molecule has 0 amide bonds. The van der Waals surface area contributed by atoms with Gasteiger partial charge >= 0.3 is 5.97 Å². The molecule has 0 saturated heterocycles. The predicted octanol–water partition coefficient (Wildman–Crippen LogP) is 1.73. The Morgan fingerprint density at radius 3 is 2.81 bits per heavy atom. The van der Waals surface area contributed by atoms with E-state index in [1.54, 1.807) is 17.9 Å². The Labute approximate surface area is 120 Å². The number of nitro benzene ring substituents is 1. The van der Waals surface area contributed by atoms with Crippen LogP contribution < -0.4 is 5.32 Å². The lowest BCUT2D eigenvalue weighted by molar-refractivity contribution is -0.384. The molecule has 0 unspecified atom stereocenters. The third kappa shape index (κ3) is 3.35. The number of hydrogen-bond acceptors (Lipinski definition) is 6. The van der Waals surface area contributed by atoms with Crippen LogP contribution in [0.5, 0.6) is 0 Å². The van der Waals surface area contributed by atoms with Crippen molar-refractivity contribution >= 4 is 17.3 Å². The summed E-state index contributed by atoms with van der Waals surface area (Å²) in [6, 6.07) is 5.95. The zero-order chi connectivity index (χ0) is 15.4. The van der Waals surface area contributed by atoms with E-state index in [9.17, 15) is 14.9 Å². The first kappa shape index (κ1) is 14.5. The largest absolute Gasteiger partial charge is 0.465 e. The highest BCUT2D eigenvalue weighted by Crippen LogP contribution is 2.26. The second-order valence-corrected chi connectivity index (χ2v) is 4.31. The topological polar surface area (TPSA) is 99.3 Å². The number of esters is 1. The first-order valence-corrected chi connectivity index (χ1v) is 6.10. The van der Waals surface area contributed by atoms with E-state index >= 15 is 0 Å². The molecule has 0 aliphatic rings. The molecule has 1 N–H and O–H groups in total. The maximum absolute atomic E-state index is 11.4. The number of aryl methyl sites for hydroxylation is 1. The van der Waals surface area contributed by atoms with Crippen molar-refractivity contribution in [1.29, 1.82) is 0 Å². The SMILES string of the molecule is COC(=O)c1ccc(NCc2ccn(C)n2)c([N+](=O)[O-])c1. The molecule has 1 aromatic heterocycles. The number of benzene rings is 1. The Balaban J connectivity index is 2.22. The Hall–Kier alpha value is -2.90. The molecule has 8 heteroatoms. The minimum Gasteiger partial charge on any atom is -0.465 e. The smallest absolute Gasteiger partial charge is 0.338 e. The van der Waals surface area contributed by atoms with E-state index in [-0.39, 0.29) is 11.3 Å². The van der Waals surface area contributed by atoms with Gasteiger partial charge in [-0.3, -0.25) is 14.8 Å². The zero-order valence-corrected chi connectivity index (χ0v) is 11.6. The summed E-state index contributed by atoms with van der Waals surface area (Å²) in [5.74, 6) is -0.616. The van der Waals surface area contributed by atoms with Crippen molar-refractivity contribution in [3.63, 3.8) is 0 Å². The van der Waals surface area contributed by atoms with Crippen molar-refractivity contribution < 1.29 is 14.5 Å². The molecule has 0 bridgehead atoms. The molecule has 0 fully saturated rings. The maximum Gasteiger partial charge on any atom is 0.338 e. The number of hydrogen-bond donors (Lipinski definition) is 1. The molecular weight excluding hydrogens is 276 g/mol. The fraction of sp³-hybridized carbons (Fsp3) is 0.231. The third-order valence-corrected chi connectivity index (χ3v) is 2.84. The minimum absolute atomic E-state index is 0.132. The Bertz CT molecular complexity index is 681. The normalized spacial score (nSPS) is 10.2. The third-order valence-electron chi connectivity index (χ3n) is 2.84. The van der Waals surface area contributed by atoms with Gasteiger partial charge in [0.1, 0.15) is 5.69 Å². The number of rotatable bonds is 5. The van der Waals surface area contributed by atoms with Gasteiger partial charge in [-0.1, -0.05) is 0 Å². The van der Waals surface area contributed by atoms with Crippen LogP contribution in [0.4, 0.5) is 11.4 Å². The highest BCUT2D eigenvalue weighted by molar-refractivity contribution is 5.91. The van der Waals surface area contributed by atoms with Crippen molar-refractivity contribution in [2.75, 3.05) is 12.4 Å². The summed E-state index contributed by atoms with van der Waals surface area (Å²) in [4.78, 5) is 21.9. The number of nitrogens with zero attached hydrogens (tertiary/aromatic N) is 3. The summed E-state index contributed by atoms with van der Waals surface area (Å²) in [6.07, 6.45) is 1.78. The summed E-state index contributed by atoms with van der Waals surface area (Å²) in [7, 11) is 3.01. The van der Waals surface area contributed by atoms with Crippen molar-refractivity contribution in [2.24, 2.45) is 7.05 Å². The van der Waals surface area contributed by atoms with Crippen LogP contribution in [0.25, 0.3) is 0 Å². The number of anilines is 1. The number of methoxy groups -OCH3 is 1. The fourth-order valence-electron chi connectivity index (χ4n) is 1.82. The molecule has 0 radical (unpaired) electrons. The van der Waals surface area contributed by atoms with E-state index in [1.165, 1.54) is 25.3 Å². The van der Waals surface area contributed by atoms with Gasteiger partial charge in [0.05, 0.1) is 29.8 Å². The number of carbonyl (C=O) groups is 1. The number of ether oxygens (including phenoxy) is 1. The van der Waals surface area contributed by atoms with Gasteiger partial charge in [-0.2, -0.15) is 5.10 Å². The van der Waals surface area contributed by atoms with E-state index < -0.39 is 10.9 Å². The molecule has 0 saturated carbocycles. The predicted molar refractivity (Wildman–Crippen MR) is 75.0 cm³/mol. The van der Waals surface area contributed by atoms with Gasteiger partial charge in [-0.05, 0) is 18.2 Å². The van der Waals surface area contributed by atoms with Crippen LogP contribution in [0.3, 0.4) is 0 Å². The number of nitro groups is 1. The second kappa shape index (κ2) is 6.04. The number of nitrogens with one attached hydrogen (secondary N) is 1. The van der Waals surface area contributed by atoms with E-state index in [4.69, 9.17) is 0 Å². The molecule has 0 aliphatic carbocycles. The van der Waals surface area contributed by atoms with Crippen LogP contribution in [-0.4, -0.2) is 27.8 Å². The highest BCUT2D eigenvalue weighted by atomic mass is 16.6. The molecule has 2 rings (SSSR count). The van der Waals surface area contributed by atoms with E-state index in [1.807, 2.05) is 6.07 Å². The van der Waals surface area contributed by atoms with Gasteiger partial charge in [-0.25, -0.2) is 4.79 Å². The monoisotopic (exact) mass is 290 g/mol. The van der Waals surface area contributed by atoms with Crippen LogP contribution in [0.15, 0.2) is 30.5 Å². The fourth-order valence-corrected chi connectivity index (χ4v) is 1.82. The van der Waals surface area contributed by atoms with Crippen molar-refractivity contribution in [3.05, 3.63) is 51.8 Å². The first-order valence-electron chi connectivity index (χ1n) is 6.10. The molecule has 1 aromatic carbocycles. The molecule has 2 aromatic rings. The highest BCUT2D eigenvalue weighted by Gasteiger charge is 2.17. The van der Waals surface area contributed by atoms with Gasteiger partial charge in [0.25, 0.3) is 5.69 Å². The molecule has 21 heavy (non-hydrogen) atoms. The van der Waals surface area contributed by atoms with Crippen LogP contribution >= 0.6 is 0 Å². The average Bonchev–Trinajstić information content (AvgIpc) is 2.89. The Kier molecular flexibility index (Phi) is 4.17. The molecular formula is C13H14N4O4. The lowest BCUT2D eigenvalue weighted by Crippen LogP contribution is -2.06. The molecule has 0 aliphatic heterocycles.